The first-order valence-electron chi connectivity index (χ1n) is 8.92. The summed E-state index contributed by atoms with van der Waals surface area (Å²) in [5, 5.41) is 3.54. The van der Waals surface area contributed by atoms with Crippen LogP contribution in [0.5, 0.6) is 5.75 Å². The monoisotopic (exact) mass is 363 g/mol. The average Bonchev–Trinajstić information content (AvgIpc) is 2.92. The number of amides is 1. The highest BCUT2D eigenvalue weighted by atomic mass is 16.5. The van der Waals surface area contributed by atoms with Crippen LogP contribution >= 0.6 is 0 Å². The molecule has 138 valence electrons. The Labute approximate surface area is 157 Å². The first-order valence-corrected chi connectivity index (χ1v) is 8.92. The molecule has 27 heavy (non-hydrogen) atoms. The number of hydrogen-bond donors (Lipinski definition) is 1. The van der Waals surface area contributed by atoms with Gasteiger partial charge in [-0.25, -0.2) is 0 Å². The number of fused-ring (bicyclic) bond motifs is 3. The van der Waals surface area contributed by atoms with E-state index in [2.05, 4.69) is 5.32 Å². The number of anilines is 1. The minimum absolute atomic E-state index is 0.00149. The number of carbonyl (C=O) groups is 2. The van der Waals surface area contributed by atoms with E-state index in [-0.39, 0.29) is 23.9 Å². The molecule has 5 heteroatoms. The number of benzene rings is 2. The highest BCUT2D eigenvalue weighted by Crippen LogP contribution is 2.40. The lowest BCUT2D eigenvalue weighted by molar-refractivity contribution is 0.0623. The minimum atomic E-state index is -0.541. The van der Waals surface area contributed by atoms with Crippen LogP contribution in [0.4, 0.5) is 5.69 Å². The summed E-state index contributed by atoms with van der Waals surface area (Å²) < 4.78 is 11.8. The predicted molar refractivity (Wildman–Crippen MR) is 104 cm³/mol. The van der Waals surface area contributed by atoms with Crippen molar-refractivity contribution in [3.8, 4) is 5.75 Å². The Morgan fingerprint density at radius 1 is 1.11 bits per heavy atom. The Balaban J connectivity index is 1.79. The molecular weight excluding hydrogens is 342 g/mol. The molecule has 1 amide bonds. The van der Waals surface area contributed by atoms with Gasteiger partial charge < -0.3 is 14.5 Å². The van der Waals surface area contributed by atoms with E-state index < -0.39 is 5.60 Å². The molecular formula is C22H21NO4. The lowest BCUT2D eigenvalue weighted by Gasteiger charge is -2.31. The molecule has 1 aliphatic rings. The van der Waals surface area contributed by atoms with Gasteiger partial charge in [0.05, 0.1) is 12.0 Å². The Morgan fingerprint density at radius 3 is 2.59 bits per heavy atom. The maximum atomic E-state index is 12.8. The fraction of sp³-hybridized carbons (Fsp3) is 0.273. The van der Waals surface area contributed by atoms with Gasteiger partial charge in [0, 0.05) is 16.6 Å². The zero-order chi connectivity index (χ0) is 19.3. The van der Waals surface area contributed by atoms with Gasteiger partial charge in [-0.15, -0.1) is 0 Å². The van der Waals surface area contributed by atoms with Crippen molar-refractivity contribution in [2.24, 2.45) is 0 Å². The van der Waals surface area contributed by atoms with Gasteiger partial charge in [0.1, 0.15) is 16.9 Å². The Morgan fingerprint density at radius 2 is 1.85 bits per heavy atom. The summed E-state index contributed by atoms with van der Waals surface area (Å²) in [6.45, 7) is 7.50. The van der Waals surface area contributed by atoms with Crippen LogP contribution in [-0.2, 0) is 0 Å². The summed E-state index contributed by atoms with van der Waals surface area (Å²) in [6.07, 6.45) is 0.286. The standard InChI is InChI=1S/C22H21NO4/c1-12-7-5-6-8-14(12)23-21(25)20-13(2)18-16(26-20)9-10-17-19(18)15(24)11-22(3,4)27-17/h5-10H,11H2,1-4H3,(H,23,25). The molecule has 0 saturated carbocycles. The number of Topliss-reactive ketones (excluding diaryl/α,β-unsaturated/α-hetero) is 1. The van der Waals surface area contributed by atoms with Gasteiger partial charge in [-0.2, -0.15) is 0 Å². The number of ether oxygens (including phenoxy) is 1. The van der Waals surface area contributed by atoms with Crippen molar-refractivity contribution < 1.29 is 18.7 Å². The van der Waals surface area contributed by atoms with Crippen LogP contribution < -0.4 is 10.1 Å². The summed E-state index contributed by atoms with van der Waals surface area (Å²) in [7, 11) is 0. The quantitative estimate of drug-likeness (QED) is 0.692. The Kier molecular flexibility index (Phi) is 3.84. The van der Waals surface area contributed by atoms with Crippen molar-refractivity contribution in [2.75, 3.05) is 5.32 Å². The Hall–Kier alpha value is -3.08. The fourth-order valence-electron chi connectivity index (χ4n) is 3.60. The highest BCUT2D eigenvalue weighted by Gasteiger charge is 2.35. The fourth-order valence-corrected chi connectivity index (χ4v) is 3.60. The van der Waals surface area contributed by atoms with Crippen molar-refractivity contribution in [2.45, 2.75) is 39.7 Å². The van der Waals surface area contributed by atoms with Gasteiger partial charge in [-0.1, -0.05) is 18.2 Å². The lowest BCUT2D eigenvalue weighted by atomic mass is 9.90. The smallest absolute Gasteiger partial charge is 0.291 e. The summed E-state index contributed by atoms with van der Waals surface area (Å²) in [4.78, 5) is 25.5. The van der Waals surface area contributed by atoms with Gasteiger partial charge in [0.2, 0.25) is 0 Å². The minimum Gasteiger partial charge on any atom is -0.487 e. The molecule has 1 aromatic heterocycles. The summed E-state index contributed by atoms with van der Waals surface area (Å²) in [6, 6.07) is 11.0. The third-order valence-corrected chi connectivity index (χ3v) is 4.91. The van der Waals surface area contributed by atoms with Crippen LogP contribution in [0.15, 0.2) is 40.8 Å². The van der Waals surface area contributed by atoms with Gasteiger partial charge in [-0.3, -0.25) is 9.59 Å². The normalized spacial score (nSPS) is 15.3. The molecule has 0 aliphatic carbocycles. The number of carbonyl (C=O) groups excluding carboxylic acids is 2. The van der Waals surface area contributed by atoms with Crippen LogP contribution in [0.25, 0.3) is 11.0 Å². The van der Waals surface area contributed by atoms with E-state index in [9.17, 15) is 9.59 Å². The van der Waals surface area contributed by atoms with Crippen LogP contribution in [-0.4, -0.2) is 17.3 Å². The highest BCUT2D eigenvalue weighted by molar-refractivity contribution is 6.14. The number of rotatable bonds is 2. The van der Waals surface area contributed by atoms with Crippen molar-refractivity contribution in [3.05, 3.63) is 58.8 Å². The van der Waals surface area contributed by atoms with Crippen LogP contribution in [0.2, 0.25) is 0 Å². The first-order chi connectivity index (χ1) is 12.8. The number of furan rings is 1. The second-order valence-electron chi connectivity index (χ2n) is 7.60. The summed E-state index contributed by atoms with van der Waals surface area (Å²) >= 11 is 0. The second kappa shape index (κ2) is 5.98. The zero-order valence-corrected chi connectivity index (χ0v) is 15.8. The van der Waals surface area contributed by atoms with Gasteiger partial charge in [0.15, 0.2) is 11.5 Å². The molecule has 0 bridgehead atoms. The Bertz CT molecular complexity index is 1090. The molecule has 1 aliphatic heterocycles. The van der Waals surface area contributed by atoms with E-state index in [4.69, 9.17) is 9.15 Å². The summed E-state index contributed by atoms with van der Waals surface area (Å²) in [5.74, 6) is 0.413. The van der Waals surface area contributed by atoms with Crippen molar-refractivity contribution in [1.82, 2.24) is 0 Å². The molecule has 0 atom stereocenters. The van der Waals surface area contributed by atoms with E-state index in [1.165, 1.54) is 0 Å². The number of ketones is 1. The maximum absolute atomic E-state index is 12.8. The number of aryl methyl sites for hydroxylation is 2. The molecule has 3 aromatic rings. The van der Waals surface area contributed by atoms with Crippen molar-refractivity contribution in [1.29, 1.82) is 0 Å². The number of para-hydroxylation sites is 1. The molecule has 4 rings (SSSR count). The predicted octanol–water partition coefficient (Wildman–Crippen LogP) is 5.05. The average molecular weight is 363 g/mol. The van der Waals surface area contributed by atoms with E-state index in [0.29, 0.717) is 27.8 Å². The van der Waals surface area contributed by atoms with E-state index in [1.807, 2.05) is 45.0 Å². The topological polar surface area (TPSA) is 68.5 Å². The molecule has 2 heterocycles. The van der Waals surface area contributed by atoms with Crippen LogP contribution in [0.3, 0.4) is 0 Å². The molecule has 0 fully saturated rings. The maximum Gasteiger partial charge on any atom is 0.291 e. The molecule has 5 nitrogen and oxygen atoms in total. The zero-order valence-electron chi connectivity index (χ0n) is 15.8. The lowest BCUT2D eigenvalue weighted by Crippen LogP contribution is -2.35. The van der Waals surface area contributed by atoms with Crippen LogP contribution in [0.1, 0.15) is 52.3 Å². The largest absolute Gasteiger partial charge is 0.487 e. The molecule has 1 N–H and O–H groups in total. The molecule has 0 saturated heterocycles. The van der Waals surface area contributed by atoms with Gasteiger partial charge in [0.25, 0.3) is 5.91 Å². The van der Waals surface area contributed by atoms with E-state index in [0.717, 1.165) is 11.3 Å². The van der Waals surface area contributed by atoms with Crippen molar-refractivity contribution >= 4 is 28.3 Å². The second-order valence-corrected chi connectivity index (χ2v) is 7.60. The van der Waals surface area contributed by atoms with Gasteiger partial charge >= 0.3 is 0 Å². The van der Waals surface area contributed by atoms with Crippen LogP contribution in [0, 0.1) is 13.8 Å². The third-order valence-electron chi connectivity index (χ3n) is 4.91. The molecule has 0 radical (unpaired) electrons. The summed E-state index contributed by atoms with van der Waals surface area (Å²) in [5.41, 5.74) is 2.80. The molecule has 2 aromatic carbocycles. The third kappa shape index (κ3) is 2.89. The SMILES string of the molecule is Cc1ccccc1NC(=O)c1oc2ccc3c(c2c1C)C(=O)CC(C)(C)O3. The number of hydrogen-bond acceptors (Lipinski definition) is 4. The van der Waals surface area contributed by atoms with Gasteiger partial charge in [-0.05, 0) is 51.5 Å². The number of nitrogens with one attached hydrogen (secondary N) is 1. The van der Waals surface area contributed by atoms with E-state index in [1.54, 1.807) is 19.1 Å². The van der Waals surface area contributed by atoms with Crippen molar-refractivity contribution in [3.63, 3.8) is 0 Å². The van der Waals surface area contributed by atoms with E-state index >= 15 is 0 Å². The molecule has 0 unspecified atom stereocenters. The first kappa shape index (κ1) is 17.3. The molecule has 0 spiro atoms.